The molecular weight excluding hydrogens is 289 g/mol. The number of fused-ring (bicyclic) bond motifs is 1. The van der Waals surface area contributed by atoms with Gasteiger partial charge in [-0.1, -0.05) is 35.9 Å². The molecule has 3 rings (SSSR count). The number of carbonyl (C=O) groups is 1. The van der Waals surface area contributed by atoms with Crippen LogP contribution >= 0.6 is 11.6 Å². The lowest BCUT2D eigenvalue weighted by atomic mass is 10.1. The maximum atomic E-state index is 12.8. The molecule has 0 fully saturated rings. The van der Waals surface area contributed by atoms with Crippen molar-refractivity contribution in [3.63, 3.8) is 0 Å². The summed E-state index contributed by atoms with van der Waals surface area (Å²) in [5, 5.41) is 1.64. The lowest BCUT2D eigenvalue weighted by Crippen LogP contribution is -2.11. The number of benzene rings is 2. The van der Waals surface area contributed by atoms with Crippen molar-refractivity contribution in [2.24, 2.45) is 0 Å². The van der Waals surface area contributed by atoms with Gasteiger partial charge in [-0.2, -0.15) is 0 Å². The van der Waals surface area contributed by atoms with Crippen molar-refractivity contribution >= 4 is 28.3 Å². The molecule has 4 heteroatoms. The Balaban J connectivity index is 1.79. The second-order valence-electron chi connectivity index (χ2n) is 4.96. The molecule has 0 radical (unpaired) electrons. The monoisotopic (exact) mass is 301 g/mol. The largest absolute Gasteiger partial charge is 0.339 e. The minimum absolute atomic E-state index is 0.0547. The van der Waals surface area contributed by atoms with Crippen molar-refractivity contribution in [2.45, 2.75) is 13.0 Å². The van der Waals surface area contributed by atoms with E-state index in [4.69, 9.17) is 11.6 Å². The molecule has 0 saturated carbocycles. The predicted molar refractivity (Wildman–Crippen MR) is 82.1 cm³/mol. The van der Waals surface area contributed by atoms with Crippen LogP contribution in [0.4, 0.5) is 4.39 Å². The van der Waals surface area contributed by atoms with Crippen LogP contribution in [0.1, 0.15) is 5.56 Å². The Hall–Kier alpha value is -2.13. The number of ketones is 1. The Kier molecular flexibility index (Phi) is 3.76. The van der Waals surface area contributed by atoms with Crippen LogP contribution < -0.4 is 0 Å². The Bertz CT molecular complexity index is 792. The average Bonchev–Trinajstić information content (AvgIpc) is 2.86. The molecule has 0 spiro atoms. The minimum Gasteiger partial charge on any atom is -0.339 e. The van der Waals surface area contributed by atoms with E-state index in [0.717, 1.165) is 16.5 Å². The summed E-state index contributed by atoms with van der Waals surface area (Å²) in [6.45, 7) is 0.255. The highest BCUT2D eigenvalue weighted by molar-refractivity contribution is 6.35. The topological polar surface area (TPSA) is 22.0 Å². The van der Waals surface area contributed by atoms with Crippen LogP contribution in [0.5, 0.6) is 0 Å². The van der Waals surface area contributed by atoms with Crippen LogP contribution in [-0.4, -0.2) is 10.4 Å². The van der Waals surface area contributed by atoms with E-state index in [1.165, 1.54) is 12.1 Å². The first-order chi connectivity index (χ1) is 10.1. The third kappa shape index (κ3) is 2.98. The van der Waals surface area contributed by atoms with E-state index >= 15 is 0 Å². The summed E-state index contributed by atoms with van der Waals surface area (Å²) < 4.78 is 14.7. The number of aromatic nitrogens is 1. The molecule has 3 aromatic rings. The summed E-state index contributed by atoms with van der Waals surface area (Å²) in [5.41, 5.74) is 1.68. The van der Waals surface area contributed by atoms with E-state index in [9.17, 15) is 9.18 Å². The van der Waals surface area contributed by atoms with Crippen LogP contribution in [0.2, 0.25) is 5.02 Å². The summed E-state index contributed by atoms with van der Waals surface area (Å²) in [5.74, 6) is -0.242. The highest BCUT2D eigenvalue weighted by Gasteiger charge is 2.09. The number of para-hydroxylation sites is 1. The highest BCUT2D eigenvalue weighted by atomic mass is 35.5. The molecule has 0 N–H and O–H groups in total. The number of hydrogen-bond acceptors (Lipinski definition) is 1. The first-order valence-electron chi connectivity index (χ1n) is 6.63. The highest BCUT2D eigenvalue weighted by Crippen LogP contribution is 2.24. The van der Waals surface area contributed by atoms with Crippen LogP contribution in [0.25, 0.3) is 10.9 Å². The lowest BCUT2D eigenvalue weighted by molar-refractivity contribution is -0.118. The van der Waals surface area contributed by atoms with Crippen molar-refractivity contribution in [1.82, 2.24) is 4.57 Å². The second kappa shape index (κ2) is 5.70. The SMILES string of the molecule is O=C(Cc1ccc(F)cc1)Cn1ccc2cccc(Cl)c21. The normalized spacial score (nSPS) is 11.0. The molecule has 0 amide bonds. The van der Waals surface area contributed by atoms with Crippen LogP contribution in [0, 0.1) is 5.82 Å². The maximum absolute atomic E-state index is 12.8. The van der Waals surface area contributed by atoms with E-state index in [-0.39, 0.29) is 24.6 Å². The van der Waals surface area contributed by atoms with E-state index in [1.807, 2.05) is 35.0 Å². The number of halogens is 2. The number of hydrogen-bond donors (Lipinski definition) is 0. The van der Waals surface area contributed by atoms with Gasteiger partial charge >= 0.3 is 0 Å². The smallest absolute Gasteiger partial charge is 0.156 e. The maximum Gasteiger partial charge on any atom is 0.156 e. The van der Waals surface area contributed by atoms with Gasteiger partial charge in [0.15, 0.2) is 5.78 Å². The lowest BCUT2D eigenvalue weighted by Gasteiger charge is -2.06. The van der Waals surface area contributed by atoms with Gasteiger partial charge in [-0.15, -0.1) is 0 Å². The Morgan fingerprint density at radius 1 is 1.10 bits per heavy atom. The van der Waals surface area contributed by atoms with E-state index in [2.05, 4.69) is 0 Å². The van der Waals surface area contributed by atoms with Crippen LogP contribution in [0.15, 0.2) is 54.7 Å². The van der Waals surface area contributed by atoms with Gasteiger partial charge in [0.1, 0.15) is 5.82 Å². The van der Waals surface area contributed by atoms with Crippen molar-refractivity contribution in [3.05, 3.63) is 71.1 Å². The second-order valence-corrected chi connectivity index (χ2v) is 5.37. The summed E-state index contributed by atoms with van der Waals surface area (Å²) in [6, 6.07) is 13.6. The van der Waals surface area contributed by atoms with Crippen molar-refractivity contribution in [2.75, 3.05) is 0 Å². The molecule has 0 saturated heterocycles. The van der Waals surface area contributed by atoms with Crippen LogP contribution in [-0.2, 0) is 17.8 Å². The first kappa shape index (κ1) is 13.8. The zero-order valence-electron chi connectivity index (χ0n) is 11.2. The number of Topliss-reactive ketones (excluding diaryl/α,β-unsaturated/α-hetero) is 1. The molecule has 0 aliphatic carbocycles. The predicted octanol–water partition coefficient (Wildman–Crippen LogP) is 4.25. The van der Waals surface area contributed by atoms with E-state index in [0.29, 0.717) is 5.02 Å². The average molecular weight is 302 g/mol. The Morgan fingerprint density at radius 2 is 1.86 bits per heavy atom. The molecule has 0 bridgehead atoms. The fourth-order valence-electron chi connectivity index (χ4n) is 2.42. The molecule has 2 nitrogen and oxygen atoms in total. The molecule has 21 heavy (non-hydrogen) atoms. The molecule has 2 aromatic carbocycles. The molecule has 0 aliphatic rings. The van der Waals surface area contributed by atoms with E-state index in [1.54, 1.807) is 12.1 Å². The molecule has 0 atom stereocenters. The zero-order valence-corrected chi connectivity index (χ0v) is 12.0. The third-order valence-corrected chi connectivity index (χ3v) is 3.71. The number of nitrogens with zero attached hydrogens (tertiary/aromatic N) is 1. The van der Waals surface area contributed by atoms with Gasteiger partial charge in [-0.3, -0.25) is 4.79 Å². The third-order valence-electron chi connectivity index (χ3n) is 3.40. The molecule has 0 unspecified atom stereocenters. The number of carbonyl (C=O) groups excluding carboxylic acids is 1. The first-order valence-corrected chi connectivity index (χ1v) is 7.01. The Labute approximate surface area is 126 Å². The van der Waals surface area contributed by atoms with Gasteiger partial charge in [-0.05, 0) is 29.8 Å². The fraction of sp³-hybridized carbons (Fsp3) is 0.118. The van der Waals surface area contributed by atoms with Crippen molar-refractivity contribution in [1.29, 1.82) is 0 Å². The molecule has 106 valence electrons. The Morgan fingerprint density at radius 3 is 2.62 bits per heavy atom. The van der Waals surface area contributed by atoms with Crippen molar-refractivity contribution < 1.29 is 9.18 Å². The fourth-order valence-corrected chi connectivity index (χ4v) is 2.71. The van der Waals surface area contributed by atoms with Gasteiger partial charge in [0.25, 0.3) is 0 Å². The standard InChI is InChI=1S/C17H13ClFNO/c18-16-3-1-2-13-8-9-20(17(13)16)11-15(21)10-12-4-6-14(19)7-5-12/h1-9H,10-11H2. The summed E-state index contributed by atoms with van der Waals surface area (Å²) in [4.78, 5) is 12.2. The molecule has 1 aromatic heterocycles. The number of rotatable bonds is 4. The van der Waals surface area contributed by atoms with E-state index < -0.39 is 0 Å². The van der Waals surface area contributed by atoms with Crippen LogP contribution in [0.3, 0.4) is 0 Å². The van der Waals surface area contributed by atoms with Gasteiger partial charge in [-0.25, -0.2) is 4.39 Å². The quantitative estimate of drug-likeness (QED) is 0.706. The minimum atomic E-state index is -0.297. The zero-order chi connectivity index (χ0) is 14.8. The van der Waals surface area contributed by atoms with Gasteiger partial charge < -0.3 is 4.57 Å². The molecule has 1 heterocycles. The van der Waals surface area contributed by atoms with Gasteiger partial charge in [0.2, 0.25) is 0 Å². The summed E-state index contributed by atoms with van der Waals surface area (Å²) in [7, 11) is 0. The molecule has 0 aliphatic heterocycles. The van der Waals surface area contributed by atoms with Gasteiger partial charge in [0, 0.05) is 18.0 Å². The summed E-state index contributed by atoms with van der Waals surface area (Å²) >= 11 is 6.19. The molecular formula is C17H13ClFNO. The summed E-state index contributed by atoms with van der Waals surface area (Å²) in [6.07, 6.45) is 2.14. The van der Waals surface area contributed by atoms with Gasteiger partial charge in [0.05, 0.1) is 17.1 Å². The van der Waals surface area contributed by atoms with Crippen molar-refractivity contribution in [3.8, 4) is 0 Å².